The van der Waals surface area contributed by atoms with Gasteiger partial charge in [0.2, 0.25) is 0 Å². The molecule has 128 valence electrons. The van der Waals surface area contributed by atoms with E-state index in [0.29, 0.717) is 17.9 Å². The van der Waals surface area contributed by atoms with Gasteiger partial charge in [-0.05, 0) is 38.8 Å². The summed E-state index contributed by atoms with van der Waals surface area (Å²) in [5, 5.41) is 6.96. The smallest absolute Gasteiger partial charge is 0.255 e. The second-order valence-corrected chi connectivity index (χ2v) is 5.96. The molecular formula is C17H19F2N3O2. The molecule has 2 heterocycles. The van der Waals surface area contributed by atoms with Gasteiger partial charge in [-0.2, -0.15) is 5.10 Å². The summed E-state index contributed by atoms with van der Waals surface area (Å²) in [4.78, 5) is 12.4. The summed E-state index contributed by atoms with van der Waals surface area (Å²) < 4.78 is 33.8. The summed E-state index contributed by atoms with van der Waals surface area (Å²) in [7, 11) is 0. The van der Waals surface area contributed by atoms with Crippen molar-refractivity contribution in [3.8, 4) is 5.69 Å². The number of ether oxygens (including phenoxy) is 1. The fourth-order valence-corrected chi connectivity index (χ4v) is 2.90. The van der Waals surface area contributed by atoms with E-state index in [1.807, 2.05) is 6.92 Å². The zero-order chi connectivity index (χ0) is 17.3. The molecule has 5 nitrogen and oxygen atoms in total. The SMILES string of the molecule is Cc1c(C(=O)N[C@@H](C)[C@H]2CCCO2)cnn1-c1ccc(F)cc1F. The molecule has 0 spiro atoms. The maximum atomic E-state index is 13.9. The van der Waals surface area contributed by atoms with Gasteiger partial charge in [0, 0.05) is 12.7 Å². The van der Waals surface area contributed by atoms with Gasteiger partial charge < -0.3 is 10.1 Å². The summed E-state index contributed by atoms with van der Waals surface area (Å²) >= 11 is 0. The van der Waals surface area contributed by atoms with E-state index < -0.39 is 11.6 Å². The van der Waals surface area contributed by atoms with Gasteiger partial charge >= 0.3 is 0 Å². The minimum absolute atomic E-state index is 0.0128. The molecule has 3 rings (SSSR count). The Labute approximate surface area is 138 Å². The molecule has 0 unspecified atom stereocenters. The molecule has 0 bridgehead atoms. The van der Waals surface area contributed by atoms with Crippen molar-refractivity contribution in [3.63, 3.8) is 0 Å². The second-order valence-electron chi connectivity index (χ2n) is 5.96. The molecule has 0 aliphatic carbocycles. The number of carbonyl (C=O) groups excluding carboxylic acids is 1. The standard InChI is InChI=1S/C17H19F2N3O2/c1-10(16-4-3-7-24-16)21-17(23)13-9-20-22(11(13)2)15-6-5-12(18)8-14(15)19/h5-6,8-10,16H,3-4,7H2,1-2H3,(H,21,23)/t10-,16+/m0/s1. The highest BCUT2D eigenvalue weighted by atomic mass is 19.1. The third-order valence-electron chi connectivity index (χ3n) is 4.27. The van der Waals surface area contributed by atoms with Gasteiger partial charge in [0.25, 0.3) is 5.91 Å². The predicted molar refractivity (Wildman–Crippen MR) is 84.1 cm³/mol. The Bertz CT molecular complexity index is 754. The minimum atomic E-state index is -0.735. The van der Waals surface area contributed by atoms with Crippen LogP contribution in [0, 0.1) is 18.6 Å². The van der Waals surface area contributed by atoms with Crippen LogP contribution in [-0.4, -0.2) is 34.4 Å². The Balaban J connectivity index is 1.80. The highest BCUT2D eigenvalue weighted by Crippen LogP contribution is 2.19. The zero-order valence-corrected chi connectivity index (χ0v) is 13.6. The van der Waals surface area contributed by atoms with Gasteiger partial charge in [0.05, 0.1) is 29.6 Å². The van der Waals surface area contributed by atoms with Crippen LogP contribution in [0.4, 0.5) is 8.78 Å². The van der Waals surface area contributed by atoms with Crippen molar-refractivity contribution in [3.05, 3.63) is 47.3 Å². The molecular weight excluding hydrogens is 316 g/mol. The van der Waals surface area contributed by atoms with E-state index in [4.69, 9.17) is 4.74 Å². The van der Waals surface area contributed by atoms with E-state index in [9.17, 15) is 13.6 Å². The van der Waals surface area contributed by atoms with Crippen molar-refractivity contribution in [2.75, 3.05) is 6.61 Å². The Kier molecular flexibility index (Phi) is 4.62. The fourth-order valence-electron chi connectivity index (χ4n) is 2.90. The molecule has 7 heteroatoms. The first-order valence-electron chi connectivity index (χ1n) is 7.90. The van der Waals surface area contributed by atoms with Crippen LogP contribution in [0.25, 0.3) is 5.69 Å². The first kappa shape index (κ1) is 16.6. The van der Waals surface area contributed by atoms with Crippen LogP contribution in [0.2, 0.25) is 0 Å². The maximum Gasteiger partial charge on any atom is 0.255 e. The van der Waals surface area contributed by atoms with E-state index in [-0.39, 0.29) is 23.7 Å². The molecule has 2 aromatic rings. The summed E-state index contributed by atoms with van der Waals surface area (Å²) in [5.74, 6) is -1.69. The van der Waals surface area contributed by atoms with Gasteiger partial charge in [0.1, 0.15) is 11.5 Å². The number of hydrogen-bond donors (Lipinski definition) is 1. The average Bonchev–Trinajstić information content (AvgIpc) is 3.17. The van der Waals surface area contributed by atoms with E-state index in [2.05, 4.69) is 10.4 Å². The van der Waals surface area contributed by atoms with E-state index in [1.165, 1.54) is 16.9 Å². The van der Waals surface area contributed by atoms with Crippen LogP contribution in [0.1, 0.15) is 35.8 Å². The van der Waals surface area contributed by atoms with Crippen LogP contribution in [0.3, 0.4) is 0 Å². The Morgan fingerprint density at radius 3 is 2.92 bits per heavy atom. The minimum Gasteiger partial charge on any atom is -0.376 e. The molecule has 2 atom stereocenters. The van der Waals surface area contributed by atoms with Gasteiger partial charge in [-0.15, -0.1) is 0 Å². The number of benzene rings is 1. The van der Waals surface area contributed by atoms with E-state index >= 15 is 0 Å². The maximum absolute atomic E-state index is 13.9. The lowest BCUT2D eigenvalue weighted by Gasteiger charge is -2.19. The van der Waals surface area contributed by atoms with Crippen LogP contribution in [0.5, 0.6) is 0 Å². The number of carbonyl (C=O) groups is 1. The lowest BCUT2D eigenvalue weighted by Crippen LogP contribution is -2.40. The summed E-state index contributed by atoms with van der Waals surface area (Å²) in [5.41, 5.74) is 0.932. The van der Waals surface area contributed by atoms with Gasteiger partial charge in [0.15, 0.2) is 5.82 Å². The van der Waals surface area contributed by atoms with Gasteiger partial charge in [-0.3, -0.25) is 4.79 Å². The largest absolute Gasteiger partial charge is 0.376 e. The summed E-state index contributed by atoms with van der Waals surface area (Å²) in [6.45, 7) is 4.28. The highest BCUT2D eigenvalue weighted by Gasteiger charge is 2.25. The number of nitrogens with zero attached hydrogens (tertiary/aromatic N) is 2. The lowest BCUT2D eigenvalue weighted by molar-refractivity contribution is 0.0712. The second kappa shape index (κ2) is 6.68. The van der Waals surface area contributed by atoms with Crippen molar-refractivity contribution in [2.24, 2.45) is 0 Å². The van der Waals surface area contributed by atoms with Crippen molar-refractivity contribution in [2.45, 2.75) is 38.8 Å². The third kappa shape index (κ3) is 3.17. The number of amides is 1. The number of aromatic nitrogens is 2. The molecule has 1 aliphatic rings. The van der Waals surface area contributed by atoms with E-state index in [1.54, 1.807) is 6.92 Å². The molecule has 1 saturated heterocycles. The molecule has 1 amide bonds. The lowest BCUT2D eigenvalue weighted by atomic mass is 10.1. The zero-order valence-electron chi connectivity index (χ0n) is 13.6. The summed E-state index contributed by atoms with van der Waals surface area (Å²) in [6.07, 6.45) is 3.31. The van der Waals surface area contributed by atoms with Crippen molar-refractivity contribution in [1.29, 1.82) is 0 Å². The van der Waals surface area contributed by atoms with Crippen molar-refractivity contribution >= 4 is 5.91 Å². The average molecular weight is 335 g/mol. The first-order chi connectivity index (χ1) is 11.5. The Hall–Kier alpha value is -2.28. The van der Waals surface area contributed by atoms with Gasteiger partial charge in [-0.1, -0.05) is 0 Å². The quantitative estimate of drug-likeness (QED) is 0.935. The third-order valence-corrected chi connectivity index (χ3v) is 4.27. The summed E-state index contributed by atoms with van der Waals surface area (Å²) in [6, 6.07) is 3.11. The monoisotopic (exact) mass is 335 g/mol. The Morgan fingerprint density at radius 1 is 1.46 bits per heavy atom. The molecule has 1 fully saturated rings. The van der Waals surface area contributed by atoms with Crippen LogP contribution in [-0.2, 0) is 4.74 Å². The Morgan fingerprint density at radius 2 is 2.25 bits per heavy atom. The number of hydrogen-bond acceptors (Lipinski definition) is 3. The highest BCUT2D eigenvalue weighted by molar-refractivity contribution is 5.95. The van der Waals surface area contributed by atoms with E-state index in [0.717, 1.165) is 25.0 Å². The predicted octanol–water partition coefficient (Wildman–Crippen LogP) is 2.76. The normalized spacial score (nSPS) is 18.6. The fraction of sp³-hybridized carbons (Fsp3) is 0.412. The van der Waals surface area contributed by atoms with Gasteiger partial charge in [-0.25, -0.2) is 13.5 Å². The molecule has 1 aromatic heterocycles. The number of nitrogens with one attached hydrogen (secondary N) is 1. The van der Waals surface area contributed by atoms with Crippen LogP contribution in [0.15, 0.2) is 24.4 Å². The molecule has 24 heavy (non-hydrogen) atoms. The van der Waals surface area contributed by atoms with Crippen molar-refractivity contribution < 1.29 is 18.3 Å². The molecule has 0 radical (unpaired) electrons. The molecule has 1 aliphatic heterocycles. The van der Waals surface area contributed by atoms with Crippen LogP contribution >= 0.6 is 0 Å². The number of rotatable bonds is 4. The van der Waals surface area contributed by atoms with Crippen LogP contribution < -0.4 is 5.32 Å². The molecule has 1 N–H and O–H groups in total. The number of halogens is 2. The van der Waals surface area contributed by atoms with Crippen molar-refractivity contribution in [1.82, 2.24) is 15.1 Å². The first-order valence-corrected chi connectivity index (χ1v) is 7.90. The topological polar surface area (TPSA) is 56.1 Å². The molecule has 0 saturated carbocycles. The molecule has 1 aromatic carbocycles.